The predicted molar refractivity (Wildman–Crippen MR) is 101 cm³/mol. The fraction of sp³-hybridized carbons (Fsp3) is 0.579. The van der Waals surface area contributed by atoms with Gasteiger partial charge in [-0.15, -0.1) is 0 Å². The molecule has 1 aromatic rings. The van der Waals surface area contributed by atoms with Crippen LogP contribution in [0.25, 0.3) is 0 Å². The monoisotopic (exact) mass is 344 g/mol. The highest BCUT2D eigenvalue weighted by Gasteiger charge is 2.30. The van der Waals surface area contributed by atoms with Gasteiger partial charge in [-0.2, -0.15) is 0 Å². The van der Waals surface area contributed by atoms with Gasteiger partial charge in [0.25, 0.3) is 0 Å². The lowest BCUT2D eigenvalue weighted by molar-refractivity contribution is 0.216. The first-order valence-electron chi connectivity index (χ1n) is 9.06. The third-order valence-electron chi connectivity index (χ3n) is 5.44. The Balaban J connectivity index is 1.76. The highest BCUT2D eigenvalue weighted by Crippen LogP contribution is 2.32. The van der Waals surface area contributed by atoms with E-state index >= 15 is 0 Å². The van der Waals surface area contributed by atoms with Crippen LogP contribution in [0.2, 0.25) is 5.02 Å². The summed E-state index contributed by atoms with van der Waals surface area (Å²) in [5.74, 6) is 1.67. The predicted octanol–water partition coefficient (Wildman–Crippen LogP) is 3.41. The van der Waals surface area contributed by atoms with Crippen molar-refractivity contribution in [3.05, 3.63) is 28.8 Å². The van der Waals surface area contributed by atoms with Crippen LogP contribution in [0, 0.1) is 5.92 Å². The molecule has 3 aliphatic heterocycles. The zero-order valence-corrected chi connectivity index (χ0v) is 15.1. The van der Waals surface area contributed by atoms with Gasteiger partial charge in [0.2, 0.25) is 0 Å². The summed E-state index contributed by atoms with van der Waals surface area (Å²) in [5.41, 5.74) is 3.60. The van der Waals surface area contributed by atoms with E-state index in [-0.39, 0.29) is 0 Å². The van der Waals surface area contributed by atoms with Gasteiger partial charge in [-0.25, -0.2) is 4.99 Å². The van der Waals surface area contributed by atoms with E-state index in [2.05, 4.69) is 29.0 Å². The molecule has 3 heterocycles. The van der Waals surface area contributed by atoms with Gasteiger partial charge in [-0.1, -0.05) is 11.6 Å². The third-order valence-corrected chi connectivity index (χ3v) is 5.68. The number of hydrogen-bond acceptors (Lipinski definition) is 4. The Morgan fingerprint density at radius 1 is 1.12 bits per heavy atom. The molecule has 0 spiro atoms. The van der Waals surface area contributed by atoms with E-state index in [1.165, 1.54) is 24.1 Å². The molecule has 0 saturated carbocycles. The van der Waals surface area contributed by atoms with Gasteiger partial charge in [0.15, 0.2) is 5.84 Å². The number of benzene rings is 1. The first-order chi connectivity index (χ1) is 11.7. The molecule has 1 atom stereocenters. The largest absolute Gasteiger partial charge is 0.353 e. The summed E-state index contributed by atoms with van der Waals surface area (Å²) in [6.07, 6.45) is 4.63. The summed E-state index contributed by atoms with van der Waals surface area (Å²) in [4.78, 5) is 14.9. The maximum Gasteiger partial charge on any atom is 0.150 e. The fourth-order valence-electron chi connectivity index (χ4n) is 3.95. The summed E-state index contributed by atoms with van der Waals surface area (Å²) < 4.78 is 0. The van der Waals surface area contributed by atoms with Crippen molar-refractivity contribution in [2.45, 2.75) is 25.7 Å². The Kier molecular flexibility index (Phi) is 4.59. The van der Waals surface area contributed by atoms with E-state index in [1.807, 2.05) is 6.07 Å². The minimum Gasteiger partial charge on any atom is -0.353 e. The number of fused-ring (bicyclic) bond motifs is 2. The van der Waals surface area contributed by atoms with Gasteiger partial charge in [0, 0.05) is 43.7 Å². The Hall–Kier alpha value is -1.39. The van der Waals surface area contributed by atoms with Gasteiger partial charge in [0.05, 0.1) is 11.4 Å². The van der Waals surface area contributed by atoms with Crippen LogP contribution >= 0.6 is 11.6 Å². The molecule has 0 amide bonds. The molecule has 0 N–H and O–H groups in total. The number of amidine groups is 1. The number of halogens is 1. The van der Waals surface area contributed by atoms with E-state index in [4.69, 9.17) is 21.6 Å². The minimum absolute atomic E-state index is 0.546. The van der Waals surface area contributed by atoms with Crippen LogP contribution in [0.15, 0.2) is 28.2 Å². The molecular formula is C19H25ClN4. The average Bonchev–Trinajstić information content (AvgIpc) is 2.59. The van der Waals surface area contributed by atoms with Crippen LogP contribution in [0.5, 0.6) is 0 Å². The Bertz CT molecular complexity index is 674. The van der Waals surface area contributed by atoms with Crippen molar-refractivity contribution in [3.63, 3.8) is 0 Å². The highest BCUT2D eigenvalue weighted by atomic mass is 35.5. The molecule has 5 heteroatoms. The maximum absolute atomic E-state index is 6.22. The number of rotatable bonds is 0. The molecule has 4 nitrogen and oxygen atoms in total. The average molecular weight is 345 g/mol. The number of aryl methyl sites for hydroxylation is 1. The van der Waals surface area contributed by atoms with Crippen molar-refractivity contribution >= 4 is 28.8 Å². The molecule has 1 saturated heterocycles. The second-order valence-electron chi connectivity index (χ2n) is 7.14. The normalized spacial score (nSPS) is 25.1. The van der Waals surface area contributed by atoms with Crippen LogP contribution in [0.1, 0.15) is 24.8 Å². The van der Waals surface area contributed by atoms with Gasteiger partial charge in [-0.3, -0.25) is 4.99 Å². The van der Waals surface area contributed by atoms with Crippen molar-refractivity contribution in [1.82, 2.24) is 9.80 Å². The van der Waals surface area contributed by atoms with Crippen LogP contribution in [-0.4, -0.2) is 61.1 Å². The minimum atomic E-state index is 0.546. The standard InChI is InChI=1S/C19H25ClN4/c1-23-9-11-24(12-10-23)19-18-14(3-2-8-21-18)4-5-15-13-16(20)6-7-17(15)22-19/h6-7,13-14H,2-5,8-12H2,1H3. The lowest BCUT2D eigenvalue weighted by atomic mass is 9.86. The Labute approximate surface area is 149 Å². The van der Waals surface area contributed by atoms with Crippen molar-refractivity contribution in [2.24, 2.45) is 15.9 Å². The summed E-state index contributed by atoms with van der Waals surface area (Å²) in [6, 6.07) is 6.11. The van der Waals surface area contributed by atoms with Gasteiger partial charge < -0.3 is 9.80 Å². The van der Waals surface area contributed by atoms with Gasteiger partial charge in [-0.05, 0) is 56.5 Å². The molecule has 128 valence electrons. The second-order valence-corrected chi connectivity index (χ2v) is 7.58. The van der Waals surface area contributed by atoms with Crippen LogP contribution < -0.4 is 0 Å². The molecule has 4 rings (SSSR count). The highest BCUT2D eigenvalue weighted by molar-refractivity contribution is 6.42. The van der Waals surface area contributed by atoms with E-state index in [0.717, 1.165) is 62.1 Å². The molecule has 1 fully saturated rings. The van der Waals surface area contributed by atoms with Crippen molar-refractivity contribution in [2.75, 3.05) is 39.8 Å². The zero-order chi connectivity index (χ0) is 16.5. The number of likely N-dealkylation sites (N-methyl/N-ethyl adjacent to an activating group) is 1. The van der Waals surface area contributed by atoms with Gasteiger partial charge >= 0.3 is 0 Å². The van der Waals surface area contributed by atoms with Crippen molar-refractivity contribution < 1.29 is 0 Å². The Morgan fingerprint density at radius 2 is 1.96 bits per heavy atom. The smallest absolute Gasteiger partial charge is 0.150 e. The molecule has 0 radical (unpaired) electrons. The summed E-state index contributed by atoms with van der Waals surface area (Å²) in [7, 11) is 2.19. The lowest BCUT2D eigenvalue weighted by Crippen LogP contribution is -2.51. The van der Waals surface area contributed by atoms with E-state index in [9.17, 15) is 0 Å². The molecular weight excluding hydrogens is 320 g/mol. The lowest BCUT2D eigenvalue weighted by Gasteiger charge is -2.37. The molecule has 1 aromatic carbocycles. The van der Waals surface area contributed by atoms with Gasteiger partial charge in [0.1, 0.15) is 0 Å². The van der Waals surface area contributed by atoms with E-state index in [1.54, 1.807) is 0 Å². The van der Waals surface area contributed by atoms with Crippen molar-refractivity contribution in [3.8, 4) is 0 Å². The Morgan fingerprint density at radius 3 is 2.79 bits per heavy atom. The van der Waals surface area contributed by atoms with Crippen LogP contribution in [-0.2, 0) is 6.42 Å². The van der Waals surface area contributed by atoms with Crippen LogP contribution in [0.4, 0.5) is 5.69 Å². The summed E-state index contributed by atoms with van der Waals surface area (Å²) in [6.45, 7) is 5.19. The summed E-state index contributed by atoms with van der Waals surface area (Å²) >= 11 is 6.22. The number of aliphatic imine (C=N–C) groups is 2. The topological polar surface area (TPSA) is 31.2 Å². The SMILES string of the molecule is CN1CCN(C2=Nc3ccc(Cl)cc3CCC3CCCN=C23)CC1. The molecule has 0 bridgehead atoms. The summed E-state index contributed by atoms with van der Waals surface area (Å²) in [5, 5.41) is 0.809. The molecule has 1 unspecified atom stereocenters. The van der Waals surface area contributed by atoms with E-state index < -0.39 is 0 Å². The molecule has 0 aliphatic carbocycles. The zero-order valence-electron chi connectivity index (χ0n) is 14.3. The molecule has 0 aromatic heterocycles. The quantitative estimate of drug-likeness (QED) is 0.722. The van der Waals surface area contributed by atoms with E-state index in [0.29, 0.717) is 5.92 Å². The first-order valence-corrected chi connectivity index (χ1v) is 9.44. The second kappa shape index (κ2) is 6.85. The number of piperazine rings is 1. The van der Waals surface area contributed by atoms with Crippen LogP contribution in [0.3, 0.4) is 0 Å². The molecule has 3 aliphatic rings. The number of nitrogens with zero attached hydrogens (tertiary/aromatic N) is 4. The third kappa shape index (κ3) is 3.22. The number of hydrogen-bond donors (Lipinski definition) is 0. The molecule has 24 heavy (non-hydrogen) atoms. The first kappa shape index (κ1) is 16.1. The maximum atomic E-state index is 6.22. The fourth-order valence-corrected chi connectivity index (χ4v) is 4.15. The van der Waals surface area contributed by atoms with Crippen molar-refractivity contribution in [1.29, 1.82) is 0 Å².